The van der Waals surface area contributed by atoms with E-state index < -0.39 is 12.6 Å². The van der Waals surface area contributed by atoms with Crippen molar-refractivity contribution >= 4 is 11.5 Å². The van der Waals surface area contributed by atoms with Crippen LogP contribution in [0.15, 0.2) is 18.3 Å². The summed E-state index contributed by atoms with van der Waals surface area (Å²) in [5.41, 5.74) is 6.22. The van der Waals surface area contributed by atoms with E-state index in [4.69, 9.17) is 5.73 Å². The summed E-state index contributed by atoms with van der Waals surface area (Å²) in [6.45, 7) is 0.500. The van der Waals surface area contributed by atoms with Crippen LogP contribution in [-0.2, 0) is 0 Å². The SMILES string of the molecule is Nc1cc(NCCCCC(F)(F)F)ccn1. The molecule has 0 aromatic carbocycles. The number of unbranched alkanes of at least 4 members (excludes halogenated alkanes) is 1. The van der Waals surface area contributed by atoms with Crippen LogP contribution < -0.4 is 11.1 Å². The molecule has 0 saturated heterocycles. The molecule has 1 aromatic rings. The van der Waals surface area contributed by atoms with E-state index in [-0.39, 0.29) is 6.42 Å². The van der Waals surface area contributed by atoms with Crippen molar-refractivity contribution in [1.82, 2.24) is 4.98 Å². The number of aromatic nitrogens is 1. The van der Waals surface area contributed by atoms with Crippen molar-refractivity contribution in [2.45, 2.75) is 25.4 Å². The van der Waals surface area contributed by atoms with Crippen molar-refractivity contribution in [2.75, 3.05) is 17.6 Å². The summed E-state index contributed by atoms with van der Waals surface area (Å²) in [5, 5.41) is 2.98. The van der Waals surface area contributed by atoms with Gasteiger partial charge in [0.2, 0.25) is 0 Å². The Morgan fingerprint density at radius 1 is 1.31 bits per heavy atom. The van der Waals surface area contributed by atoms with Crippen LogP contribution in [0, 0.1) is 0 Å². The quantitative estimate of drug-likeness (QED) is 0.769. The molecule has 0 aliphatic rings. The van der Waals surface area contributed by atoms with Crippen LogP contribution >= 0.6 is 0 Å². The fourth-order valence-electron chi connectivity index (χ4n) is 1.24. The molecule has 0 aliphatic carbocycles. The standard InChI is InChI=1S/C10H14F3N3/c11-10(12,13)4-1-2-5-15-8-3-6-16-9(14)7-8/h3,6-7H,1-2,4-5H2,(H3,14,15,16). The predicted molar refractivity (Wildman–Crippen MR) is 57.0 cm³/mol. The van der Waals surface area contributed by atoms with E-state index in [1.165, 1.54) is 0 Å². The Kier molecular flexibility index (Phi) is 4.39. The first-order valence-electron chi connectivity index (χ1n) is 4.99. The van der Waals surface area contributed by atoms with Gasteiger partial charge < -0.3 is 11.1 Å². The normalized spacial score (nSPS) is 11.4. The van der Waals surface area contributed by atoms with Crippen LogP contribution in [0.2, 0.25) is 0 Å². The first-order valence-corrected chi connectivity index (χ1v) is 4.99. The number of halogens is 3. The molecule has 1 rings (SSSR count). The molecule has 6 heteroatoms. The van der Waals surface area contributed by atoms with Crippen molar-refractivity contribution in [1.29, 1.82) is 0 Å². The van der Waals surface area contributed by atoms with Crippen LogP contribution in [0.1, 0.15) is 19.3 Å². The fraction of sp³-hybridized carbons (Fsp3) is 0.500. The number of nitrogen functional groups attached to an aromatic ring is 1. The zero-order valence-corrected chi connectivity index (χ0v) is 8.72. The molecule has 3 N–H and O–H groups in total. The van der Waals surface area contributed by atoms with Gasteiger partial charge in [-0.3, -0.25) is 0 Å². The van der Waals surface area contributed by atoms with Gasteiger partial charge >= 0.3 is 6.18 Å². The smallest absolute Gasteiger partial charge is 0.385 e. The molecule has 90 valence electrons. The molecule has 0 amide bonds. The number of hydrogen-bond donors (Lipinski definition) is 2. The largest absolute Gasteiger partial charge is 0.389 e. The lowest BCUT2D eigenvalue weighted by Crippen LogP contribution is -2.08. The van der Waals surface area contributed by atoms with Crippen LogP contribution in [0.3, 0.4) is 0 Å². The van der Waals surface area contributed by atoms with E-state index in [9.17, 15) is 13.2 Å². The summed E-state index contributed by atoms with van der Waals surface area (Å²) in [7, 11) is 0. The zero-order valence-electron chi connectivity index (χ0n) is 8.72. The summed E-state index contributed by atoms with van der Waals surface area (Å²) in [6.07, 6.45) is -2.62. The van der Waals surface area contributed by atoms with E-state index in [1.54, 1.807) is 18.3 Å². The molecule has 0 bridgehead atoms. The summed E-state index contributed by atoms with van der Waals surface area (Å²) < 4.78 is 35.4. The van der Waals surface area contributed by atoms with Gasteiger partial charge in [-0.2, -0.15) is 13.2 Å². The Bertz CT molecular complexity index is 325. The number of alkyl halides is 3. The Balaban J connectivity index is 2.17. The maximum atomic E-state index is 11.8. The number of nitrogens with zero attached hydrogens (tertiary/aromatic N) is 1. The second kappa shape index (κ2) is 5.58. The lowest BCUT2D eigenvalue weighted by atomic mass is 10.2. The van der Waals surface area contributed by atoms with Crippen molar-refractivity contribution in [2.24, 2.45) is 0 Å². The second-order valence-corrected chi connectivity index (χ2v) is 3.47. The molecule has 0 atom stereocenters. The maximum Gasteiger partial charge on any atom is 0.389 e. The molecule has 3 nitrogen and oxygen atoms in total. The molecule has 1 heterocycles. The van der Waals surface area contributed by atoms with Crippen molar-refractivity contribution in [3.05, 3.63) is 18.3 Å². The lowest BCUT2D eigenvalue weighted by Gasteiger charge is -2.08. The highest BCUT2D eigenvalue weighted by Crippen LogP contribution is 2.22. The molecule has 0 radical (unpaired) electrons. The average molecular weight is 233 g/mol. The fourth-order valence-corrected chi connectivity index (χ4v) is 1.24. The topological polar surface area (TPSA) is 50.9 Å². The van der Waals surface area contributed by atoms with Gasteiger partial charge in [-0.25, -0.2) is 4.98 Å². The minimum Gasteiger partial charge on any atom is -0.385 e. The van der Waals surface area contributed by atoms with E-state index in [0.29, 0.717) is 18.8 Å². The molecule has 0 saturated carbocycles. The summed E-state index contributed by atoms with van der Waals surface area (Å²) in [5.74, 6) is 0.389. The third-order valence-electron chi connectivity index (χ3n) is 2.00. The molecular formula is C10H14F3N3. The van der Waals surface area contributed by atoms with Gasteiger partial charge in [-0.15, -0.1) is 0 Å². The van der Waals surface area contributed by atoms with E-state index >= 15 is 0 Å². The van der Waals surface area contributed by atoms with Crippen molar-refractivity contribution in [3.63, 3.8) is 0 Å². The molecule has 16 heavy (non-hydrogen) atoms. The van der Waals surface area contributed by atoms with Crippen LogP contribution in [0.4, 0.5) is 24.7 Å². The molecule has 0 aliphatic heterocycles. The maximum absolute atomic E-state index is 11.8. The van der Waals surface area contributed by atoms with Crippen LogP contribution in [-0.4, -0.2) is 17.7 Å². The highest BCUT2D eigenvalue weighted by Gasteiger charge is 2.25. The van der Waals surface area contributed by atoms with Gasteiger partial charge in [0.15, 0.2) is 0 Å². The predicted octanol–water partition coefficient (Wildman–Crippen LogP) is 2.81. The third kappa shape index (κ3) is 5.43. The number of anilines is 2. The molecule has 0 unspecified atom stereocenters. The van der Waals surface area contributed by atoms with Gasteiger partial charge in [-0.1, -0.05) is 0 Å². The first-order chi connectivity index (χ1) is 7.47. The highest BCUT2D eigenvalue weighted by atomic mass is 19.4. The highest BCUT2D eigenvalue weighted by molar-refractivity contribution is 5.49. The first kappa shape index (κ1) is 12.6. The minimum atomic E-state index is -4.05. The number of pyridine rings is 1. The van der Waals surface area contributed by atoms with Crippen molar-refractivity contribution < 1.29 is 13.2 Å². The van der Waals surface area contributed by atoms with Crippen molar-refractivity contribution in [3.8, 4) is 0 Å². The number of nitrogens with one attached hydrogen (secondary N) is 1. The minimum absolute atomic E-state index is 0.136. The average Bonchev–Trinajstić information content (AvgIpc) is 2.15. The number of hydrogen-bond acceptors (Lipinski definition) is 3. The zero-order chi connectivity index (χ0) is 12.0. The number of nitrogens with two attached hydrogens (primary N) is 1. The Morgan fingerprint density at radius 2 is 2.06 bits per heavy atom. The summed E-state index contributed by atoms with van der Waals surface area (Å²) in [4.78, 5) is 3.81. The Labute approximate surface area is 91.9 Å². The summed E-state index contributed by atoms with van der Waals surface area (Å²) in [6, 6.07) is 3.36. The van der Waals surface area contributed by atoms with E-state index in [2.05, 4.69) is 10.3 Å². The molecule has 1 aromatic heterocycles. The van der Waals surface area contributed by atoms with Gasteiger partial charge in [-0.05, 0) is 18.9 Å². The summed E-state index contributed by atoms with van der Waals surface area (Å²) >= 11 is 0. The van der Waals surface area contributed by atoms with Gasteiger partial charge in [0, 0.05) is 30.9 Å². The third-order valence-corrected chi connectivity index (χ3v) is 2.00. The van der Waals surface area contributed by atoms with Crippen LogP contribution in [0.25, 0.3) is 0 Å². The lowest BCUT2D eigenvalue weighted by molar-refractivity contribution is -0.135. The van der Waals surface area contributed by atoms with Crippen LogP contribution in [0.5, 0.6) is 0 Å². The second-order valence-electron chi connectivity index (χ2n) is 3.47. The van der Waals surface area contributed by atoms with Gasteiger partial charge in [0.25, 0.3) is 0 Å². The van der Waals surface area contributed by atoms with E-state index in [0.717, 1.165) is 5.69 Å². The van der Waals surface area contributed by atoms with Gasteiger partial charge in [0.05, 0.1) is 0 Å². The Morgan fingerprint density at radius 3 is 2.69 bits per heavy atom. The molecular weight excluding hydrogens is 219 g/mol. The Hall–Kier alpha value is -1.46. The monoisotopic (exact) mass is 233 g/mol. The molecule has 0 fully saturated rings. The number of rotatable bonds is 5. The molecule has 0 spiro atoms. The van der Waals surface area contributed by atoms with Gasteiger partial charge in [0.1, 0.15) is 5.82 Å². The van der Waals surface area contributed by atoms with E-state index in [1.807, 2.05) is 0 Å².